The SMILES string of the molecule is CCOC(=O)c1ccc2ccccc2c1OC(=O)C12CCC(C)(C1Br)C2(C)C. The van der Waals surface area contributed by atoms with Gasteiger partial charge in [-0.05, 0) is 42.0 Å². The molecule has 2 aromatic rings. The fourth-order valence-electron chi connectivity index (χ4n) is 5.31. The normalized spacial score (nSPS) is 30.0. The van der Waals surface area contributed by atoms with E-state index >= 15 is 0 Å². The Hall–Kier alpha value is -1.88. The van der Waals surface area contributed by atoms with Crippen molar-refractivity contribution >= 4 is 38.6 Å². The molecule has 4 nitrogen and oxygen atoms in total. The lowest BCUT2D eigenvalue weighted by atomic mass is 9.43. The molecule has 5 heteroatoms. The molecule has 3 aliphatic carbocycles. The number of hydrogen-bond donors (Lipinski definition) is 0. The molecule has 0 spiro atoms. The van der Waals surface area contributed by atoms with Crippen LogP contribution in [0.15, 0.2) is 36.4 Å². The summed E-state index contributed by atoms with van der Waals surface area (Å²) in [4.78, 5) is 26.1. The van der Waals surface area contributed by atoms with Gasteiger partial charge in [-0.2, -0.15) is 0 Å². The molecule has 0 heterocycles. The summed E-state index contributed by atoms with van der Waals surface area (Å²) in [5.41, 5.74) is -0.423. The van der Waals surface area contributed by atoms with E-state index in [2.05, 4.69) is 36.7 Å². The number of carbonyl (C=O) groups is 2. The number of halogens is 1. The molecule has 3 fully saturated rings. The summed E-state index contributed by atoms with van der Waals surface area (Å²) in [5.74, 6) is -0.448. The molecule has 28 heavy (non-hydrogen) atoms. The predicted molar refractivity (Wildman–Crippen MR) is 112 cm³/mol. The van der Waals surface area contributed by atoms with Crippen LogP contribution in [0.25, 0.3) is 10.8 Å². The molecule has 0 radical (unpaired) electrons. The molecule has 5 rings (SSSR count). The second-order valence-electron chi connectivity index (χ2n) is 8.65. The van der Waals surface area contributed by atoms with E-state index in [1.54, 1.807) is 13.0 Å². The van der Waals surface area contributed by atoms with Gasteiger partial charge in [0.1, 0.15) is 5.56 Å². The van der Waals surface area contributed by atoms with Gasteiger partial charge in [0, 0.05) is 10.2 Å². The molecular formula is C23H25BrO4. The van der Waals surface area contributed by atoms with Crippen LogP contribution in [0.3, 0.4) is 0 Å². The summed E-state index contributed by atoms with van der Waals surface area (Å²) < 4.78 is 11.2. The number of hydrogen-bond acceptors (Lipinski definition) is 4. The molecule has 3 atom stereocenters. The Labute approximate surface area is 173 Å². The zero-order valence-corrected chi connectivity index (χ0v) is 18.3. The molecular weight excluding hydrogens is 420 g/mol. The number of fused-ring (bicyclic) bond motifs is 2. The van der Waals surface area contributed by atoms with Gasteiger partial charge in [-0.3, -0.25) is 4.79 Å². The predicted octanol–water partition coefficient (Wildman–Crippen LogP) is 5.51. The molecule has 3 saturated carbocycles. The second kappa shape index (κ2) is 6.31. The molecule has 148 valence electrons. The monoisotopic (exact) mass is 444 g/mol. The van der Waals surface area contributed by atoms with Gasteiger partial charge in [0.25, 0.3) is 0 Å². The summed E-state index contributed by atoms with van der Waals surface area (Å²) in [5, 5.41) is 1.65. The minimum absolute atomic E-state index is 0.0642. The van der Waals surface area contributed by atoms with Crippen molar-refractivity contribution in [3.8, 4) is 5.75 Å². The van der Waals surface area contributed by atoms with E-state index in [1.807, 2.05) is 30.3 Å². The Bertz CT molecular complexity index is 982. The Morgan fingerprint density at radius 2 is 1.82 bits per heavy atom. The van der Waals surface area contributed by atoms with E-state index in [4.69, 9.17) is 9.47 Å². The van der Waals surface area contributed by atoms with E-state index in [1.165, 1.54) is 0 Å². The minimum atomic E-state index is -0.593. The van der Waals surface area contributed by atoms with Crippen LogP contribution in [-0.2, 0) is 9.53 Å². The van der Waals surface area contributed by atoms with E-state index in [0.29, 0.717) is 5.75 Å². The minimum Gasteiger partial charge on any atom is -0.462 e. The highest BCUT2D eigenvalue weighted by Crippen LogP contribution is 2.80. The van der Waals surface area contributed by atoms with Crippen LogP contribution in [-0.4, -0.2) is 23.4 Å². The Morgan fingerprint density at radius 3 is 2.43 bits per heavy atom. The molecule has 3 unspecified atom stereocenters. The maximum atomic E-state index is 13.5. The molecule has 2 aromatic carbocycles. The van der Waals surface area contributed by atoms with Crippen molar-refractivity contribution in [1.82, 2.24) is 0 Å². The lowest BCUT2D eigenvalue weighted by Crippen LogP contribution is -2.68. The highest BCUT2D eigenvalue weighted by atomic mass is 79.9. The third kappa shape index (κ3) is 2.23. The first-order chi connectivity index (χ1) is 13.2. The molecule has 0 saturated heterocycles. The molecule has 0 aromatic heterocycles. The van der Waals surface area contributed by atoms with Crippen LogP contribution in [0.4, 0.5) is 0 Å². The van der Waals surface area contributed by atoms with Gasteiger partial charge in [0.2, 0.25) is 0 Å². The first-order valence-electron chi connectivity index (χ1n) is 9.76. The topological polar surface area (TPSA) is 52.6 Å². The molecule has 0 aliphatic heterocycles. The summed E-state index contributed by atoms with van der Waals surface area (Å²) in [6.45, 7) is 8.54. The zero-order valence-electron chi connectivity index (χ0n) is 16.7. The van der Waals surface area contributed by atoms with Crippen LogP contribution < -0.4 is 4.74 Å². The maximum Gasteiger partial charge on any atom is 0.341 e. The zero-order chi connectivity index (χ0) is 20.3. The van der Waals surface area contributed by atoms with E-state index in [0.717, 1.165) is 23.6 Å². The van der Waals surface area contributed by atoms with Crippen molar-refractivity contribution in [2.45, 2.75) is 45.4 Å². The number of alkyl halides is 1. The number of carbonyl (C=O) groups excluding carboxylic acids is 2. The average Bonchev–Trinajstić information content (AvgIpc) is 3.08. The maximum absolute atomic E-state index is 13.5. The third-order valence-corrected chi connectivity index (χ3v) is 9.30. The van der Waals surface area contributed by atoms with Gasteiger partial charge >= 0.3 is 11.9 Å². The highest BCUT2D eigenvalue weighted by Gasteiger charge is 2.81. The van der Waals surface area contributed by atoms with Gasteiger partial charge in [-0.1, -0.05) is 67.0 Å². The van der Waals surface area contributed by atoms with E-state index in [9.17, 15) is 9.59 Å². The van der Waals surface area contributed by atoms with Crippen molar-refractivity contribution in [2.24, 2.45) is 16.2 Å². The van der Waals surface area contributed by atoms with Gasteiger partial charge < -0.3 is 9.47 Å². The second-order valence-corrected chi connectivity index (χ2v) is 9.57. The smallest absolute Gasteiger partial charge is 0.341 e. The molecule has 3 aliphatic rings. The Kier molecular flexibility index (Phi) is 4.38. The fourth-order valence-corrected chi connectivity index (χ4v) is 7.10. The van der Waals surface area contributed by atoms with E-state index < -0.39 is 11.4 Å². The quantitative estimate of drug-likeness (QED) is 0.354. The third-order valence-electron chi connectivity index (χ3n) is 7.51. The number of rotatable bonds is 4. The molecule has 0 amide bonds. The highest BCUT2D eigenvalue weighted by molar-refractivity contribution is 9.09. The summed E-state index contributed by atoms with van der Waals surface area (Å²) in [7, 11) is 0. The fraction of sp³-hybridized carbons (Fsp3) is 0.478. The van der Waals surface area contributed by atoms with Crippen molar-refractivity contribution in [2.75, 3.05) is 6.61 Å². The largest absolute Gasteiger partial charge is 0.462 e. The summed E-state index contributed by atoms with van der Waals surface area (Å²) >= 11 is 3.79. The number of benzene rings is 2. The lowest BCUT2D eigenvalue weighted by molar-refractivity contribution is -0.176. The van der Waals surface area contributed by atoms with Crippen LogP contribution in [0, 0.1) is 16.2 Å². The van der Waals surface area contributed by atoms with Gasteiger partial charge in [-0.15, -0.1) is 0 Å². The Morgan fingerprint density at radius 1 is 1.11 bits per heavy atom. The average molecular weight is 445 g/mol. The molecule has 2 bridgehead atoms. The lowest BCUT2D eigenvalue weighted by Gasteiger charge is -2.63. The van der Waals surface area contributed by atoms with E-state index in [-0.39, 0.29) is 33.8 Å². The van der Waals surface area contributed by atoms with Crippen LogP contribution in [0.1, 0.15) is 50.9 Å². The van der Waals surface area contributed by atoms with Crippen molar-refractivity contribution in [3.63, 3.8) is 0 Å². The Balaban J connectivity index is 1.79. The van der Waals surface area contributed by atoms with Gasteiger partial charge in [0.05, 0.1) is 12.0 Å². The molecule has 0 N–H and O–H groups in total. The van der Waals surface area contributed by atoms with Crippen LogP contribution >= 0.6 is 15.9 Å². The van der Waals surface area contributed by atoms with Crippen molar-refractivity contribution < 1.29 is 19.1 Å². The number of ether oxygens (including phenoxy) is 2. The van der Waals surface area contributed by atoms with Gasteiger partial charge in [-0.25, -0.2) is 4.79 Å². The first kappa shape index (κ1) is 19.4. The number of esters is 2. The summed E-state index contributed by atoms with van der Waals surface area (Å²) in [6.07, 6.45) is 1.76. The van der Waals surface area contributed by atoms with Gasteiger partial charge in [0.15, 0.2) is 5.75 Å². The first-order valence-corrected chi connectivity index (χ1v) is 10.7. The van der Waals surface area contributed by atoms with Crippen molar-refractivity contribution in [1.29, 1.82) is 0 Å². The van der Waals surface area contributed by atoms with Crippen LogP contribution in [0.2, 0.25) is 0 Å². The summed E-state index contributed by atoms with van der Waals surface area (Å²) in [6, 6.07) is 11.1. The van der Waals surface area contributed by atoms with Crippen molar-refractivity contribution in [3.05, 3.63) is 42.0 Å². The van der Waals surface area contributed by atoms with Crippen LogP contribution in [0.5, 0.6) is 5.75 Å². The standard InChI is InChI=1S/C23H25BrO4/c1-5-27-18(25)16-11-10-14-8-6-7-9-15(14)17(16)28-20(26)23-13-12-22(4,19(23)24)21(23,2)3/h6-11,19H,5,12-13H2,1-4H3.